The minimum atomic E-state index is -4.37. The molecule has 0 amide bonds. The number of nitrogens with one attached hydrogen (secondary N) is 1. The van der Waals surface area contributed by atoms with Gasteiger partial charge in [-0.3, -0.25) is 9.78 Å². The number of nitrogens with two attached hydrogens (primary N) is 1. The highest BCUT2D eigenvalue weighted by Gasteiger charge is 2.31. The van der Waals surface area contributed by atoms with Gasteiger partial charge >= 0.3 is 6.18 Å². The average molecular weight is 286 g/mol. The molecule has 0 saturated carbocycles. The van der Waals surface area contributed by atoms with E-state index in [0.29, 0.717) is 11.2 Å². The highest BCUT2D eigenvalue weighted by atomic mass is 19.4. The topological polar surface area (TPSA) is 75.0 Å². The maximum absolute atomic E-state index is 12.5. The Kier molecular flexibility index (Phi) is 3.56. The Morgan fingerprint density at radius 1 is 1.40 bits per heavy atom. The van der Waals surface area contributed by atoms with Crippen molar-refractivity contribution < 1.29 is 13.2 Å². The molecule has 0 unspecified atom stereocenters. The molecule has 0 spiro atoms. The Balaban J connectivity index is 2.49. The number of nitrogen functional groups attached to an aromatic ring is 1. The largest absolute Gasteiger partial charge is 0.406 e. The zero-order chi connectivity index (χ0) is 14.9. The van der Waals surface area contributed by atoms with Crippen molar-refractivity contribution in [2.75, 3.05) is 23.7 Å². The van der Waals surface area contributed by atoms with Crippen LogP contribution in [-0.2, 0) is 0 Å². The van der Waals surface area contributed by atoms with Crippen molar-refractivity contribution in [1.82, 2.24) is 9.97 Å². The van der Waals surface area contributed by atoms with Crippen LogP contribution in [0.1, 0.15) is 6.92 Å². The molecule has 0 atom stereocenters. The van der Waals surface area contributed by atoms with Gasteiger partial charge in [-0.15, -0.1) is 0 Å². The summed E-state index contributed by atoms with van der Waals surface area (Å²) in [7, 11) is 0. The van der Waals surface area contributed by atoms with E-state index in [-0.39, 0.29) is 17.9 Å². The van der Waals surface area contributed by atoms with Gasteiger partial charge in [0.1, 0.15) is 6.54 Å². The highest BCUT2D eigenvalue weighted by Crippen LogP contribution is 2.20. The number of aromatic nitrogens is 2. The van der Waals surface area contributed by atoms with Crippen molar-refractivity contribution in [3.63, 3.8) is 0 Å². The van der Waals surface area contributed by atoms with Gasteiger partial charge in [-0.25, -0.2) is 4.98 Å². The first-order valence-corrected chi connectivity index (χ1v) is 5.91. The van der Waals surface area contributed by atoms with Gasteiger partial charge in [0.05, 0.1) is 10.9 Å². The summed E-state index contributed by atoms with van der Waals surface area (Å²) in [4.78, 5) is 19.2. The van der Waals surface area contributed by atoms with Crippen LogP contribution in [0.15, 0.2) is 23.0 Å². The molecule has 1 heterocycles. The third kappa shape index (κ3) is 3.01. The van der Waals surface area contributed by atoms with Crippen LogP contribution in [0.25, 0.3) is 10.9 Å². The van der Waals surface area contributed by atoms with Gasteiger partial charge in [0, 0.05) is 12.2 Å². The van der Waals surface area contributed by atoms with Crippen LogP contribution in [0.5, 0.6) is 0 Å². The molecule has 3 N–H and O–H groups in total. The van der Waals surface area contributed by atoms with E-state index in [1.54, 1.807) is 13.0 Å². The van der Waals surface area contributed by atoms with Gasteiger partial charge in [-0.05, 0) is 25.1 Å². The van der Waals surface area contributed by atoms with E-state index in [4.69, 9.17) is 5.73 Å². The quantitative estimate of drug-likeness (QED) is 0.845. The molecule has 1 aromatic heterocycles. The summed E-state index contributed by atoms with van der Waals surface area (Å²) >= 11 is 0. The normalized spacial score (nSPS) is 11.8. The summed E-state index contributed by atoms with van der Waals surface area (Å²) in [5, 5.41) is 0.247. The lowest BCUT2D eigenvalue weighted by Gasteiger charge is -2.22. The lowest BCUT2D eigenvalue weighted by atomic mass is 10.2. The Hall–Kier alpha value is -2.25. The number of halogens is 3. The Morgan fingerprint density at radius 3 is 2.70 bits per heavy atom. The molecule has 5 nitrogen and oxygen atoms in total. The van der Waals surface area contributed by atoms with E-state index in [0.717, 1.165) is 4.90 Å². The number of benzene rings is 1. The Bertz CT molecular complexity index is 680. The number of fused-ring (bicyclic) bond motifs is 1. The summed E-state index contributed by atoms with van der Waals surface area (Å²) in [5.41, 5.74) is 5.74. The molecule has 2 aromatic rings. The van der Waals surface area contributed by atoms with Gasteiger partial charge in [0.2, 0.25) is 5.95 Å². The first kappa shape index (κ1) is 14.2. The van der Waals surface area contributed by atoms with Gasteiger partial charge in [-0.2, -0.15) is 13.2 Å². The van der Waals surface area contributed by atoms with Crippen LogP contribution >= 0.6 is 0 Å². The number of aromatic amines is 1. The molecule has 2 rings (SSSR count). The smallest absolute Gasteiger partial charge is 0.399 e. The highest BCUT2D eigenvalue weighted by molar-refractivity contribution is 5.81. The lowest BCUT2D eigenvalue weighted by molar-refractivity contribution is -0.119. The van der Waals surface area contributed by atoms with Gasteiger partial charge in [0.25, 0.3) is 5.56 Å². The number of hydrogen-bond acceptors (Lipinski definition) is 4. The fourth-order valence-corrected chi connectivity index (χ4v) is 1.85. The number of nitrogens with zero attached hydrogens (tertiary/aromatic N) is 2. The van der Waals surface area contributed by atoms with Gasteiger partial charge in [-0.1, -0.05) is 0 Å². The molecule has 108 valence electrons. The number of hydrogen-bond donors (Lipinski definition) is 2. The summed E-state index contributed by atoms with van der Waals surface area (Å²) < 4.78 is 37.4. The second-order valence-electron chi connectivity index (χ2n) is 4.30. The van der Waals surface area contributed by atoms with Crippen molar-refractivity contribution in [3.8, 4) is 0 Å². The minimum absolute atomic E-state index is 0.0724. The molecular formula is C12H13F3N4O. The maximum Gasteiger partial charge on any atom is 0.406 e. The van der Waals surface area contributed by atoms with Crippen LogP contribution < -0.4 is 16.2 Å². The lowest BCUT2D eigenvalue weighted by Crippen LogP contribution is -2.36. The van der Waals surface area contributed by atoms with Crippen LogP contribution in [0.2, 0.25) is 0 Å². The summed E-state index contributed by atoms with van der Waals surface area (Å²) in [5.74, 6) is -0.105. The van der Waals surface area contributed by atoms with Gasteiger partial charge < -0.3 is 10.6 Å². The summed E-state index contributed by atoms with van der Waals surface area (Å²) in [6.07, 6.45) is -4.37. The van der Waals surface area contributed by atoms with E-state index in [1.807, 2.05) is 0 Å². The van der Waals surface area contributed by atoms with Crippen LogP contribution in [0, 0.1) is 0 Å². The standard InChI is InChI=1S/C12H13F3N4O/c1-2-19(6-12(13,14)15)11-17-9-4-3-7(16)5-8(9)10(20)18-11/h3-5H,2,6,16H2,1H3,(H,17,18,20). The molecule has 0 fully saturated rings. The number of rotatable bonds is 3. The second-order valence-corrected chi connectivity index (χ2v) is 4.30. The fourth-order valence-electron chi connectivity index (χ4n) is 1.85. The predicted molar refractivity (Wildman–Crippen MR) is 70.7 cm³/mol. The molecule has 0 radical (unpaired) electrons. The molecule has 0 aliphatic rings. The van der Waals surface area contributed by atoms with E-state index < -0.39 is 18.3 Å². The monoisotopic (exact) mass is 286 g/mol. The Labute approximate surface area is 112 Å². The van der Waals surface area contributed by atoms with E-state index in [2.05, 4.69) is 9.97 Å². The van der Waals surface area contributed by atoms with Crippen molar-refractivity contribution in [2.24, 2.45) is 0 Å². The SMILES string of the molecule is CCN(CC(F)(F)F)c1nc2ccc(N)cc2c(=O)[nH]1. The van der Waals surface area contributed by atoms with Crippen LogP contribution in [0.3, 0.4) is 0 Å². The number of H-pyrrole nitrogens is 1. The van der Waals surface area contributed by atoms with Gasteiger partial charge in [0.15, 0.2) is 0 Å². The van der Waals surface area contributed by atoms with Crippen molar-refractivity contribution in [1.29, 1.82) is 0 Å². The molecular weight excluding hydrogens is 273 g/mol. The Morgan fingerprint density at radius 2 is 2.10 bits per heavy atom. The van der Waals surface area contributed by atoms with E-state index in [1.165, 1.54) is 12.1 Å². The zero-order valence-corrected chi connectivity index (χ0v) is 10.7. The predicted octanol–water partition coefficient (Wildman–Crippen LogP) is 1.89. The van der Waals surface area contributed by atoms with Crippen molar-refractivity contribution in [2.45, 2.75) is 13.1 Å². The maximum atomic E-state index is 12.5. The summed E-state index contributed by atoms with van der Waals surface area (Å²) in [6, 6.07) is 4.48. The first-order valence-electron chi connectivity index (χ1n) is 5.91. The first-order chi connectivity index (χ1) is 9.30. The average Bonchev–Trinajstić information content (AvgIpc) is 2.35. The second kappa shape index (κ2) is 5.03. The van der Waals surface area contributed by atoms with E-state index in [9.17, 15) is 18.0 Å². The van der Waals surface area contributed by atoms with Crippen molar-refractivity contribution >= 4 is 22.5 Å². The summed E-state index contributed by atoms with van der Waals surface area (Å²) in [6.45, 7) is 0.453. The molecule has 0 saturated heterocycles. The van der Waals surface area contributed by atoms with Crippen LogP contribution in [-0.4, -0.2) is 29.2 Å². The zero-order valence-electron chi connectivity index (χ0n) is 10.7. The molecule has 0 bridgehead atoms. The van der Waals surface area contributed by atoms with Crippen LogP contribution in [0.4, 0.5) is 24.8 Å². The molecule has 0 aliphatic carbocycles. The van der Waals surface area contributed by atoms with E-state index >= 15 is 0 Å². The fraction of sp³-hybridized carbons (Fsp3) is 0.333. The molecule has 20 heavy (non-hydrogen) atoms. The third-order valence-corrected chi connectivity index (χ3v) is 2.77. The minimum Gasteiger partial charge on any atom is -0.399 e. The van der Waals surface area contributed by atoms with Crippen molar-refractivity contribution in [3.05, 3.63) is 28.6 Å². The third-order valence-electron chi connectivity index (χ3n) is 2.77. The molecule has 1 aromatic carbocycles. The number of anilines is 2. The number of alkyl halides is 3. The molecule has 8 heteroatoms. The molecule has 0 aliphatic heterocycles.